The molecule has 0 atom stereocenters. The molecule has 0 radical (unpaired) electrons. The third-order valence-corrected chi connectivity index (χ3v) is 2.45. The summed E-state index contributed by atoms with van der Waals surface area (Å²) in [6, 6.07) is 4.29. The number of nitro groups is 1. The lowest BCUT2D eigenvalue weighted by Gasteiger charge is -2.11. The summed E-state index contributed by atoms with van der Waals surface area (Å²) in [5, 5.41) is 16.8. The standard InChI is InChI=1S/C8H4F3NO4.C4H10N2/c9-8(10,11)7(13)16-6-4-2-1-3-5(6)12(14)15;1-2-6-4-3-5-1/h1-4H;5-6H,1-4H2. The summed E-state index contributed by atoms with van der Waals surface area (Å²) in [5.41, 5.74) is -0.708. The molecule has 0 aliphatic carbocycles. The van der Waals surface area contributed by atoms with Gasteiger partial charge in [0, 0.05) is 32.2 Å². The van der Waals surface area contributed by atoms with E-state index in [1.165, 1.54) is 12.1 Å². The molecule has 1 fully saturated rings. The third-order valence-electron chi connectivity index (χ3n) is 2.45. The number of rotatable bonds is 2. The van der Waals surface area contributed by atoms with E-state index in [2.05, 4.69) is 15.4 Å². The Kier molecular flexibility index (Phi) is 6.73. The van der Waals surface area contributed by atoms with Gasteiger partial charge < -0.3 is 15.4 Å². The van der Waals surface area contributed by atoms with Crippen LogP contribution in [0.2, 0.25) is 0 Å². The van der Waals surface area contributed by atoms with Gasteiger partial charge in [-0.1, -0.05) is 12.1 Å². The molecule has 10 heteroatoms. The number of alkyl halides is 3. The molecule has 0 unspecified atom stereocenters. The Balaban J connectivity index is 0.000000335. The minimum atomic E-state index is -5.19. The highest BCUT2D eigenvalue weighted by Gasteiger charge is 2.42. The van der Waals surface area contributed by atoms with Crippen LogP contribution in [-0.4, -0.2) is 43.2 Å². The number of carbonyl (C=O) groups excluding carboxylic acids is 1. The van der Waals surface area contributed by atoms with Gasteiger partial charge in [-0.15, -0.1) is 0 Å². The molecule has 1 aliphatic heterocycles. The van der Waals surface area contributed by atoms with Crippen molar-refractivity contribution >= 4 is 11.7 Å². The minimum Gasteiger partial charge on any atom is -0.412 e. The molecule has 1 aromatic rings. The van der Waals surface area contributed by atoms with Crippen molar-refractivity contribution in [2.24, 2.45) is 0 Å². The average Bonchev–Trinajstić information content (AvgIpc) is 2.49. The van der Waals surface area contributed by atoms with E-state index in [9.17, 15) is 28.1 Å². The van der Waals surface area contributed by atoms with Crippen LogP contribution >= 0.6 is 0 Å². The zero-order valence-electron chi connectivity index (χ0n) is 11.4. The SMILES string of the molecule is C1CNCCN1.O=C(Oc1ccccc1[N+](=O)[O-])C(F)(F)F. The molecule has 1 heterocycles. The number of nitro benzene ring substituents is 1. The van der Waals surface area contributed by atoms with E-state index in [1.54, 1.807) is 0 Å². The van der Waals surface area contributed by atoms with Crippen molar-refractivity contribution in [3.8, 4) is 5.75 Å². The summed E-state index contributed by atoms with van der Waals surface area (Å²) in [7, 11) is 0. The topological polar surface area (TPSA) is 93.5 Å². The van der Waals surface area contributed by atoms with Crippen molar-refractivity contribution < 1.29 is 27.6 Å². The first kappa shape index (κ1) is 17.9. The highest BCUT2D eigenvalue weighted by atomic mass is 19.4. The van der Waals surface area contributed by atoms with Crippen LogP contribution in [0, 0.1) is 10.1 Å². The van der Waals surface area contributed by atoms with Crippen LogP contribution in [-0.2, 0) is 4.79 Å². The molecule has 1 aliphatic rings. The number of halogens is 3. The van der Waals surface area contributed by atoms with Crippen molar-refractivity contribution in [3.05, 3.63) is 34.4 Å². The molecule has 7 nitrogen and oxygen atoms in total. The van der Waals surface area contributed by atoms with Crippen LogP contribution in [0.4, 0.5) is 18.9 Å². The number of ether oxygens (including phenoxy) is 1. The van der Waals surface area contributed by atoms with Crippen molar-refractivity contribution in [2.45, 2.75) is 6.18 Å². The quantitative estimate of drug-likeness (QED) is 0.368. The van der Waals surface area contributed by atoms with Gasteiger partial charge in [-0.3, -0.25) is 10.1 Å². The summed E-state index contributed by atoms with van der Waals surface area (Å²) in [6.45, 7) is 4.56. The molecule has 0 aromatic heterocycles. The highest BCUT2D eigenvalue weighted by molar-refractivity contribution is 5.79. The fourth-order valence-electron chi connectivity index (χ4n) is 1.46. The van der Waals surface area contributed by atoms with E-state index >= 15 is 0 Å². The number of piperazine rings is 1. The van der Waals surface area contributed by atoms with Crippen LogP contribution < -0.4 is 15.4 Å². The van der Waals surface area contributed by atoms with Gasteiger partial charge in [-0.05, 0) is 6.07 Å². The molecule has 0 bridgehead atoms. The first-order valence-electron chi connectivity index (χ1n) is 6.26. The maximum Gasteiger partial charge on any atom is 0.491 e. The van der Waals surface area contributed by atoms with Crippen LogP contribution in [0.15, 0.2) is 24.3 Å². The van der Waals surface area contributed by atoms with Crippen LogP contribution in [0.5, 0.6) is 5.75 Å². The molecular weight excluding hydrogens is 307 g/mol. The predicted molar refractivity (Wildman–Crippen MR) is 70.5 cm³/mol. The molecule has 1 saturated heterocycles. The number of nitrogens with zero attached hydrogens (tertiary/aromatic N) is 1. The fraction of sp³-hybridized carbons (Fsp3) is 0.417. The molecule has 2 rings (SSSR count). The zero-order chi connectivity index (χ0) is 16.6. The van der Waals surface area contributed by atoms with Gasteiger partial charge in [0.05, 0.1) is 4.92 Å². The van der Waals surface area contributed by atoms with Crippen LogP contribution in [0.3, 0.4) is 0 Å². The largest absolute Gasteiger partial charge is 0.491 e. The van der Waals surface area contributed by atoms with Crippen molar-refractivity contribution in [3.63, 3.8) is 0 Å². The molecule has 0 spiro atoms. The van der Waals surface area contributed by atoms with Gasteiger partial charge >= 0.3 is 17.8 Å². The molecule has 0 saturated carbocycles. The first-order valence-corrected chi connectivity index (χ1v) is 6.26. The van der Waals surface area contributed by atoms with E-state index in [4.69, 9.17) is 0 Å². The fourth-order valence-corrected chi connectivity index (χ4v) is 1.46. The lowest BCUT2D eigenvalue weighted by molar-refractivity contribution is -0.385. The van der Waals surface area contributed by atoms with Crippen LogP contribution in [0.25, 0.3) is 0 Å². The molecule has 2 N–H and O–H groups in total. The van der Waals surface area contributed by atoms with Gasteiger partial charge in [0.1, 0.15) is 0 Å². The number of hydrogen-bond acceptors (Lipinski definition) is 6. The second-order valence-corrected chi connectivity index (χ2v) is 4.11. The van der Waals surface area contributed by atoms with Gasteiger partial charge in [0.15, 0.2) is 0 Å². The molecule has 0 amide bonds. The molecular formula is C12H14F3N3O4. The second kappa shape index (κ2) is 8.29. The first-order chi connectivity index (χ1) is 10.3. The minimum absolute atomic E-state index is 0.708. The number of hydrogen-bond donors (Lipinski definition) is 2. The Labute approximate surface area is 123 Å². The van der Waals surface area contributed by atoms with Crippen molar-refractivity contribution in [1.29, 1.82) is 0 Å². The molecule has 22 heavy (non-hydrogen) atoms. The lowest BCUT2D eigenvalue weighted by atomic mass is 10.3. The Morgan fingerprint density at radius 2 is 1.64 bits per heavy atom. The van der Waals surface area contributed by atoms with Gasteiger partial charge in [0.25, 0.3) is 0 Å². The molecule has 1 aromatic carbocycles. The van der Waals surface area contributed by atoms with E-state index in [-0.39, 0.29) is 0 Å². The van der Waals surface area contributed by atoms with E-state index in [1.807, 2.05) is 0 Å². The summed E-state index contributed by atoms with van der Waals surface area (Å²) in [4.78, 5) is 19.9. The highest BCUT2D eigenvalue weighted by Crippen LogP contribution is 2.28. The van der Waals surface area contributed by atoms with Gasteiger partial charge in [-0.25, -0.2) is 4.79 Å². The summed E-state index contributed by atoms with van der Waals surface area (Å²) in [6.07, 6.45) is -5.19. The second-order valence-electron chi connectivity index (χ2n) is 4.11. The number of carbonyl (C=O) groups is 1. The van der Waals surface area contributed by atoms with E-state index in [0.29, 0.717) is 0 Å². The summed E-state index contributed by atoms with van der Waals surface area (Å²) < 4.78 is 39.3. The normalized spacial score (nSPS) is 14.5. The Morgan fingerprint density at radius 3 is 2.05 bits per heavy atom. The summed E-state index contributed by atoms with van der Waals surface area (Å²) in [5.74, 6) is -3.24. The zero-order valence-corrected chi connectivity index (χ0v) is 11.4. The van der Waals surface area contributed by atoms with Crippen molar-refractivity contribution in [1.82, 2.24) is 10.6 Å². The average molecular weight is 321 g/mol. The Hall–Kier alpha value is -2.20. The van der Waals surface area contributed by atoms with Crippen LogP contribution in [0.1, 0.15) is 0 Å². The smallest absolute Gasteiger partial charge is 0.412 e. The number of para-hydroxylation sites is 2. The molecule has 122 valence electrons. The van der Waals surface area contributed by atoms with Gasteiger partial charge in [0.2, 0.25) is 5.75 Å². The predicted octanol–water partition coefficient (Wildman–Crippen LogP) is 1.24. The lowest BCUT2D eigenvalue weighted by Crippen LogP contribution is -2.39. The van der Waals surface area contributed by atoms with E-state index < -0.39 is 28.5 Å². The number of esters is 1. The number of nitrogens with one attached hydrogen (secondary N) is 2. The maximum absolute atomic E-state index is 11.8. The summed E-state index contributed by atoms with van der Waals surface area (Å²) >= 11 is 0. The van der Waals surface area contributed by atoms with Crippen molar-refractivity contribution in [2.75, 3.05) is 26.2 Å². The van der Waals surface area contributed by atoms with E-state index in [0.717, 1.165) is 38.3 Å². The Bertz CT molecular complexity index is 507. The third kappa shape index (κ3) is 6.06. The Morgan fingerprint density at radius 1 is 1.14 bits per heavy atom. The monoisotopic (exact) mass is 321 g/mol. The number of benzene rings is 1. The van der Waals surface area contributed by atoms with Gasteiger partial charge in [-0.2, -0.15) is 13.2 Å². The maximum atomic E-state index is 11.8.